The van der Waals surface area contributed by atoms with E-state index in [1.165, 1.54) is 105 Å². The summed E-state index contributed by atoms with van der Waals surface area (Å²) < 4.78 is 0. The molecule has 2 heteroatoms. The third-order valence-electron chi connectivity index (χ3n) is 9.31. The Hall–Kier alpha value is -2.81. The molecule has 0 aliphatic rings. The minimum atomic E-state index is 0. The zero-order valence-electron chi connectivity index (χ0n) is 32.6. The molecule has 6 rings (SSSR count). The smallest absolute Gasteiger partial charge is 0.0307 e. The second-order valence-electron chi connectivity index (χ2n) is 15.6. The van der Waals surface area contributed by atoms with E-state index in [0.717, 1.165) is 9.52 Å². The van der Waals surface area contributed by atoms with Crippen LogP contribution in [0.2, 0.25) is 13.1 Å². The first-order valence-corrected chi connectivity index (χ1v) is 20.6. The Bertz CT molecular complexity index is 1760. The predicted molar refractivity (Wildman–Crippen MR) is 222 cm³/mol. The van der Waals surface area contributed by atoms with Crippen molar-refractivity contribution in [3.63, 3.8) is 0 Å². The molecule has 0 heterocycles. The van der Waals surface area contributed by atoms with Crippen molar-refractivity contribution in [2.45, 2.75) is 118 Å². The Kier molecular flexibility index (Phi) is 15.9. The molecule has 0 unspecified atom stereocenters. The van der Waals surface area contributed by atoms with Crippen molar-refractivity contribution in [2.75, 3.05) is 0 Å². The molecule has 6 aromatic rings. The van der Waals surface area contributed by atoms with Crippen LogP contribution >= 0.6 is 0 Å². The molecular formula is C48H60HfSi-2. The minimum Gasteiger partial charge on any atom is -0.164 e. The maximum Gasteiger partial charge on any atom is 0.0307 e. The standard InChI is InChI=1S/2C23H27.C2H6Si.Hf/c2*1-5-6-10-17-15-18-11-9-13-19(21(18)16-17)20-12-7-8-14-22(20)23(2,3)4;1-3-2;/h2*7-9,11-16H,5-6,10H2,1-4H3;1-2H3;/q2*-1;;. The largest absolute Gasteiger partial charge is 0.164 e. The van der Waals surface area contributed by atoms with Gasteiger partial charge in [0, 0.05) is 35.4 Å². The fourth-order valence-corrected chi connectivity index (χ4v) is 6.86. The van der Waals surface area contributed by atoms with Gasteiger partial charge < -0.3 is 0 Å². The number of aryl methyl sites for hydroxylation is 2. The SMILES string of the molecule is CCCCc1cc2c(-c3ccccc3C(C)(C)C)cccc2[cH-]1.CCCCc1cc2c(-c3ccccc3C(C)(C)C)cccc2[cH-]1.C[Si]C.[Hf]. The Balaban J connectivity index is 0.000000246. The van der Waals surface area contributed by atoms with E-state index < -0.39 is 0 Å². The number of hydrogen-bond acceptors (Lipinski definition) is 0. The molecule has 2 radical (unpaired) electrons. The molecular weight excluding hydrogens is 783 g/mol. The minimum absolute atomic E-state index is 0. The average Bonchev–Trinajstić information content (AvgIpc) is 3.70. The van der Waals surface area contributed by atoms with Crippen LogP contribution in [0.25, 0.3) is 43.8 Å². The second kappa shape index (κ2) is 19.1. The summed E-state index contributed by atoms with van der Waals surface area (Å²) in [6.07, 6.45) is 7.41. The van der Waals surface area contributed by atoms with E-state index in [2.05, 4.69) is 178 Å². The monoisotopic (exact) mass is 844 g/mol. The molecule has 0 aliphatic heterocycles. The Morgan fingerprint density at radius 1 is 0.500 bits per heavy atom. The van der Waals surface area contributed by atoms with Crippen LogP contribution in [0.15, 0.2) is 109 Å². The summed E-state index contributed by atoms with van der Waals surface area (Å²) in [6, 6.07) is 40.7. The first-order valence-electron chi connectivity index (χ1n) is 18.6. The predicted octanol–water partition coefficient (Wildman–Crippen LogP) is 14.5. The van der Waals surface area contributed by atoms with Gasteiger partial charge in [-0.2, -0.15) is 12.1 Å². The first-order chi connectivity index (χ1) is 23.4. The molecule has 0 atom stereocenters. The molecule has 50 heavy (non-hydrogen) atoms. The van der Waals surface area contributed by atoms with Crippen LogP contribution in [0.5, 0.6) is 0 Å². The second-order valence-corrected chi connectivity index (χ2v) is 16.6. The third-order valence-corrected chi connectivity index (χ3v) is 9.31. The quantitative estimate of drug-likeness (QED) is 0.106. The maximum atomic E-state index is 2.40. The van der Waals surface area contributed by atoms with Gasteiger partial charge in [-0.05, 0) is 45.9 Å². The van der Waals surface area contributed by atoms with E-state index in [4.69, 9.17) is 0 Å². The van der Waals surface area contributed by atoms with Gasteiger partial charge in [0.25, 0.3) is 0 Å². The Morgan fingerprint density at radius 2 is 0.840 bits per heavy atom. The molecule has 0 amide bonds. The van der Waals surface area contributed by atoms with Gasteiger partial charge in [-0.1, -0.05) is 166 Å². The summed E-state index contributed by atoms with van der Waals surface area (Å²) in [7, 11) is 1.08. The fourth-order valence-electron chi connectivity index (χ4n) is 6.86. The summed E-state index contributed by atoms with van der Waals surface area (Å²) >= 11 is 0. The zero-order valence-corrected chi connectivity index (χ0v) is 37.2. The van der Waals surface area contributed by atoms with Crippen molar-refractivity contribution in [1.29, 1.82) is 0 Å². The van der Waals surface area contributed by atoms with Gasteiger partial charge in [-0.3, -0.25) is 0 Å². The molecule has 262 valence electrons. The van der Waals surface area contributed by atoms with Crippen molar-refractivity contribution in [3.8, 4) is 22.3 Å². The van der Waals surface area contributed by atoms with Gasteiger partial charge in [0.15, 0.2) is 0 Å². The van der Waals surface area contributed by atoms with Crippen molar-refractivity contribution in [1.82, 2.24) is 0 Å². The maximum absolute atomic E-state index is 2.40. The number of rotatable bonds is 8. The van der Waals surface area contributed by atoms with Crippen LogP contribution < -0.4 is 0 Å². The van der Waals surface area contributed by atoms with Crippen LogP contribution in [0, 0.1) is 0 Å². The molecule has 0 bridgehead atoms. The van der Waals surface area contributed by atoms with E-state index in [1.807, 2.05) is 0 Å². The van der Waals surface area contributed by atoms with Crippen LogP contribution in [0.1, 0.15) is 103 Å². The van der Waals surface area contributed by atoms with Crippen LogP contribution in [-0.2, 0) is 49.5 Å². The summed E-state index contributed by atoms with van der Waals surface area (Å²) in [5.41, 5.74) is 11.6. The van der Waals surface area contributed by atoms with Gasteiger partial charge in [-0.15, -0.1) is 69.1 Å². The summed E-state index contributed by atoms with van der Waals surface area (Å²) in [5, 5.41) is 5.54. The topological polar surface area (TPSA) is 0 Å². The van der Waals surface area contributed by atoms with Gasteiger partial charge in [-0.25, -0.2) is 0 Å². The number of unbranched alkanes of at least 4 members (excludes halogenated alkanes) is 2. The van der Waals surface area contributed by atoms with Gasteiger partial charge in [0.2, 0.25) is 0 Å². The normalized spacial score (nSPS) is 11.4. The summed E-state index contributed by atoms with van der Waals surface area (Å²) in [6.45, 7) is 22.6. The molecule has 0 N–H and O–H groups in total. The number of fused-ring (bicyclic) bond motifs is 2. The molecule has 0 aliphatic carbocycles. The number of benzene rings is 4. The molecule has 0 fully saturated rings. The van der Waals surface area contributed by atoms with Crippen molar-refractivity contribution in [2.24, 2.45) is 0 Å². The molecule has 6 aromatic carbocycles. The van der Waals surface area contributed by atoms with E-state index >= 15 is 0 Å². The summed E-state index contributed by atoms with van der Waals surface area (Å²) in [5.74, 6) is 0. The molecule has 0 nitrogen and oxygen atoms in total. The molecule has 0 spiro atoms. The van der Waals surface area contributed by atoms with E-state index in [-0.39, 0.29) is 36.7 Å². The fraction of sp³-hybridized carbons (Fsp3) is 0.375. The molecule has 0 aromatic heterocycles. The summed E-state index contributed by atoms with van der Waals surface area (Å²) in [4.78, 5) is 0. The average molecular weight is 844 g/mol. The van der Waals surface area contributed by atoms with E-state index in [0.29, 0.717) is 0 Å². The zero-order chi connectivity index (χ0) is 35.6. The van der Waals surface area contributed by atoms with E-state index in [9.17, 15) is 0 Å². The van der Waals surface area contributed by atoms with Gasteiger partial charge in [0.05, 0.1) is 0 Å². The Morgan fingerprint density at radius 3 is 1.18 bits per heavy atom. The van der Waals surface area contributed by atoms with E-state index in [1.54, 1.807) is 0 Å². The Labute approximate surface area is 326 Å². The van der Waals surface area contributed by atoms with Crippen LogP contribution in [0.3, 0.4) is 0 Å². The van der Waals surface area contributed by atoms with Crippen molar-refractivity contribution in [3.05, 3.63) is 131 Å². The van der Waals surface area contributed by atoms with Crippen LogP contribution in [-0.4, -0.2) is 9.52 Å². The van der Waals surface area contributed by atoms with Gasteiger partial charge in [0.1, 0.15) is 0 Å². The van der Waals surface area contributed by atoms with Crippen molar-refractivity contribution >= 4 is 31.1 Å². The van der Waals surface area contributed by atoms with Gasteiger partial charge >= 0.3 is 0 Å². The van der Waals surface area contributed by atoms with Crippen LogP contribution in [0.4, 0.5) is 0 Å². The first kappa shape index (κ1) is 41.6. The number of hydrogen-bond donors (Lipinski definition) is 0. The van der Waals surface area contributed by atoms with Crippen molar-refractivity contribution < 1.29 is 25.8 Å². The third kappa shape index (κ3) is 10.6. The molecule has 0 saturated carbocycles. The molecule has 0 saturated heterocycles.